The highest BCUT2D eigenvalue weighted by molar-refractivity contribution is 6.01. The van der Waals surface area contributed by atoms with E-state index in [0.717, 1.165) is 5.56 Å². The van der Waals surface area contributed by atoms with E-state index in [0.29, 0.717) is 11.5 Å². The van der Waals surface area contributed by atoms with Crippen molar-refractivity contribution in [1.82, 2.24) is 5.06 Å². The van der Waals surface area contributed by atoms with Crippen molar-refractivity contribution in [2.24, 2.45) is 5.41 Å². The summed E-state index contributed by atoms with van der Waals surface area (Å²) in [4.78, 5) is 40.8. The van der Waals surface area contributed by atoms with Crippen LogP contribution in [0.15, 0.2) is 24.3 Å². The zero-order chi connectivity index (χ0) is 18.1. The van der Waals surface area contributed by atoms with Crippen LogP contribution in [0.4, 0.5) is 0 Å². The number of imide groups is 1. The molecule has 2 amide bonds. The number of rotatable bonds is 5. The van der Waals surface area contributed by atoms with Gasteiger partial charge in [-0.3, -0.25) is 9.59 Å². The summed E-state index contributed by atoms with van der Waals surface area (Å²) in [7, 11) is 0. The van der Waals surface area contributed by atoms with E-state index >= 15 is 0 Å². The van der Waals surface area contributed by atoms with Crippen LogP contribution in [-0.4, -0.2) is 22.8 Å². The van der Waals surface area contributed by atoms with Crippen molar-refractivity contribution in [2.45, 2.75) is 59.3 Å². The van der Waals surface area contributed by atoms with Gasteiger partial charge in [0.1, 0.15) is 0 Å². The number of hydroxylamine groups is 2. The maximum Gasteiger partial charge on any atom is 0.338 e. The predicted molar refractivity (Wildman–Crippen MR) is 89.8 cm³/mol. The van der Waals surface area contributed by atoms with Crippen molar-refractivity contribution < 1.29 is 19.2 Å². The predicted octanol–water partition coefficient (Wildman–Crippen LogP) is 3.30. The molecule has 1 aliphatic rings. The van der Waals surface area contributed by atoms with Crippen molar-refractivity contribution in [3.63, 3.8) is 0 Å². The van der Waals surface area contributed by atoms with Crippen LogP contribution in [0.5, 0.6) is 0 Å². The highest BCUT2D eigenvalue weighted by atomic mass is 16.7. The topological polar surface area (TPSA) is 63.7 Å². The standard InChI is InChI=1S/C19H25NO4/c1-13-6-8-14(9-7-13)18(2,3)12-19(4,5)17(23)24-20-15(21)10-11-16(20)22/h6-9H,10-12H2,1-5H3. The molecule has 0 atom stereocenters. The first-order valence-corrected chi connectivity index (χ1v) is 8.18. The third-order valence-corrected chi connectivity index (χ3v) is 4.45. The van der Waals surface area contributed by atoms with Gasteiger partial charge in [0.2, 0.25) is 0 Å². The summed E-state index contributed by atoms with van der Waals surface area (Å²) in [6.07, 6.45) is 0.723. The molecular weight excluding hydrogens is 306 g/mol. The summed E-state index contributed by atoms with van der Waals surface area (Å²) in [5.74, 6) is -1.48. The Bertz CT molecular complexity index is 642. The molecule has 0 aliphatic carbocycles. The quantitative estimate of drug-likeness (QED) is 0.777. The largest absolute Gasteiger partial charge is 0.338 e. The minimum absolute atomic E-state index is 0.0986. The Morgan fingerprint density at radius 2 is 1.54 bits per heavy atom. The lowest BCUT2D eigenvalue weighted by Crippen LogP contribution is -2.40. The normalized spacial score (nSPS) is 15.8. The average molecular weight is 331 g/mol. The lowest BCUT2D eigenvalue weighted by atomic mass is 9.71. The van der Waals surface area contributed by atoms with Gasteiger partial charge in [-0.1, -0.05) is 43.7 Å². The molecule has 0 saturated carbocycles. The molecule has 0 N–H and O–H groups in total. The van der Waals surface area contributed by atoms with Crippen molar-refractivity contribution in [1.29, 1.82) is 0 Å². The van der Waals surface area contributed by atoms with E-state index < -0.39 is 23.2 Å². The summed E-state index contributed by atoms with van der Waals surface area (Å²) in [5, 5.41) is 0.614. The molecular formula is C19H25NO4. The van der Waals surface area contributed by atoms with Gasteiger partial charge < -0.3 is 4.84 Å². The van der Waals surface area contributed by atoms with Crippen LogP contribution in [0.1, 0.15) is 58.1 Å². The second-order valence-corrected chi connectivity index (χ2v) is 7.77. The molecule has 1 aromatic carbocycles. The molecule has 5 heteroatoms. The van der Waals surface area contributed by atoms with Gasteiger partial charge in [-0.2, -0.15) is 0 Å². The summed E-state index contributed by atoms with van der Waals surface area (Å²) in [6.45, 7) is 9.71. The first-order chi connectivity index (χ1) is 11.0. The Kier molecular flexibility index (Phi) is 4.83. The van der Waals surface area contributed by atoms with Crippen LogP contribution in [0.3, 0.4) is 0 Å². The fraction of sp³-hybridized carbons (Fsp3) is 0.526. The molecule has 0 unspecified atom stereocenters. The molecule has 0 spiro atoms. The van der Waals surface area contributed by atoms with Crippen LogP contribution in [0.25, 0.3) is 0 Å². The highest BCUT2D eigenvalue weighted by Crippen LogP contribution is 2.37. The summed E-state index contributed by atoms with van der Waals surface area (Å²) in [5.41, 5.74) is 1.22. The van der Waals surface area contributed by atoms with Gasteiger partial charge in [-0.15, -0.1) is 5.06 Å². The molecule has 1 fully saturated rings. The van der Waals surface area contributed by atoms with Gasteiger partial charge in [-0.05, 0) is 38.2 Å². The Morgan fingerprint density at radius 3 is 2.04 bits per heavy atom. The molecule has 1 aromatic rings. The van der Waals surface area contributed by atoms with Gasteiger partial charge in [0, 0.05) is 12.8 Å². The maximum absolute atomic E-state index is 12.5. The number of benzene rings is 1. The number of hydrogen-bond donors (Lipinski definition) is 0. The third-order valence-electron chi connectivity index (χ3n) is 4.45. The molecule has 0 aromatic heterocycles. The summed E-state index contributed by atoms with van der Waals surface area (Å²) in [6, 6.07) is 8.21. The van der Waals surface area contributed by atoms with Gasteiger partial charge >= 0.3 is 5.97 Å². The SMILES string of the molecule is Cc1ccc(C(C)(C)CC(C)(C)C(=O)ON2C(=O)CCC2=O)cc1. The van der Waals surface area contributed by atoms with E-state index in [2.05, 4.69) is 26.0 Å². The van der Waals surface area contributed by atoms with Gasteiger partial charge in [0.15, 0.2) is 0 Å². The van der Waals surface area contributed by atoms with E-state index in [1.807, 2.05) is 19.1 Å². The van der Waals surface area contributed by atoms with Crippen LogP contribution in [0, 0.1) is 12.3 Å². The van der Waals surface area contributed by atoms with Crippen molar-refractivity contribution in [3.05, 3.63) is 35.4 Å². The molecule has 1 saturated heterocycles. The Labute approximate surface area is 142 Å². The minimum atomic E-state index is -0.836. The zero-order valence-electron chi connectivity index (χ0n) is 15.0. The number of carbonyl (C=O) groups is 3. The van der Waals surface area contributed by atoms with Crippen molar-refractivity contribution >= 4 is 17.8 Å². The van der Waals surface area contributed by atoms with E-state index in [1.165, 1.54) is 5.56 Å². The molecule has 2 rings (SSSR count). The lowest BCUT2D eigenvalue weighted by molar-refractivity contribution is -0.204. The lowest BCUT2D eigenvalue weighted by Gasteiger charge is -2.34. The van der Waals surface area contributed by atoms with E-state index in [1.54, 1.807) is 13.8 Å². The molecule has 1 aliphatic heterocycles. The smallest absolute Gasteiger partial charge is 0.330 e. The Morgan fingerprint density at radius 1 is 1.04 bits per heavy atom. The molecule has 1 heterocycles. The zero-order valence-corrected chi connectivity index (χ0v) is 15.0. The van der Waals surface area contributed by atoms with Crippen molar-refractivity contribution in [2.75, 3.05) is 0 Å². The molecule has 0 bridgehead atoms. The van der Waals surface area contributed by atoms with Gasteiger partial charge in [0.05, 0.1) is 5.41 Å². The average Bonchev–Trinajstić information content (AvgIpc) is 2.78. The number of nitrogens with zero attached hydrogens (tertiary/aromatic N) is 1. The molecule has 5 nitrogen and oxygen atoms in total. The fourth-order valence-electron chi connectivity index (χ4n) is 3.15. The first-order valence-electron chi connectivity index (χ1n) is 8.18. The van der Waals surface area contributed by atoms with Crippen LogP contribution in [0.2, 0.25) is 0 Å². The first kappa shape index (κ1) is 18.2. The van der Waals surface area contributed by atoms with E-state index in [-0.39, 0.29) is 18.3 Å². The van der Waals surface area contributed by atoms with Crippen molar-refractivity contribution in [3.8, 4) is 0 Å². The Hall–Kier alpha value is -2.17. The summed E-state index contributed by atoms with van der Waals surface area (Å²) >= 11 is 0. The second-order valence-electron chi connectivity index (χ2n) is 7.77. The van der Waals surface area contributed by atoms with Crippen LogP contribution >= 0.6 is 0 Å². The van der Waals surface area contributed by atoms with Gasteiger partial charge in [-0.25, -0.2) is 4.79 Å². The second kappa shape index (κ2) is 6.38. The molecule has 0 radical (unpaired) electrons. The van der Waals surface area contributed by atoms with Gasteiger partial charge in [0.25, 0.3) is 11.8 Å². The maximum atomic E-state index is 12.5. The van der Waals surface area contributed by atoms with E-state index in [9.17, 15) is 14.4 Å². The van der Waals surface area contributed by atoms with E-state index in [4.69, 9.17) is 4.84 Å². The monoisotopic (exact) mass is 331 g/mol. The summed E-state index contributed by atoms with van der Waals surface area (Å²) < 4.78 is 0. The number of aryl methyl sites for hydroxylation is 1. The Balaban J connectivity index is 2.11. The number of carbonyl (C=O) groups excluding carboxylic acids is 3. The van der Waals surface area contributed by atoms with Crippen LogP contribution in [-0.2, 0) is 24.6 Å². The fourth-order valence-corrected chi connectivity index (χ4v) is 3.15. The minimum Gasteiger partial charge on any atom is -0.330 e. The highest BCUT2D eigenvalue weighted by Gasteiger charge is 2.41. The van der Waals surface area contributed by atoms with Crippen LogP contribution < -0.4 is 0 Å². The number of amides is 2. The number of hydrogen-bond acceptors (Lipinski definition) is 4. The third kappa shape index (κ3) is 3.83. The molecule has 24 heavy (non-hydrogen) atoms. The molecule has 130 valence electrons.